The van der Waals surface area contributed by atoms with Gasteiger partial charge in [0.1, 0.15) is 17.3 Å². The standard InChI is InChI=1S/C38H51N5O5/c1-4-27(2)38(42-35(45)24-39)20-21-43(37(38)47)33(19-18-28-12-7-5-8-13-28)36(46)41-32(23-29-14-9-6-10-15-29)34(44)26-40-25-30-16-11-17-31(22-30)48-3/h5-17,22,27,32-34,40,44H,4,18-21,23-26,39H2,1-3H3,(H,41,46)(H,42,45)/t27-,32-,33-,34-,38?/m0/s1. The van der Waals surface area contributed by atoms with E-state index < -0.39 is 29.6 Å². The van der Waals surface area contributed by atoms with Gasteiger partial charge in [-0.05, 0) is 60.4 Å². The normalized spacial score (nSPS) is 18.5. The van der Waals surface area contributed by atoms with E-state index in [1.54, 1.807) is 12.0 Å². The lowest BCUT2D eigenvalue weighted by Gasteiger charge is -2.36. The summed E-state index contributed by atoms with van der Waals surface area (Å²) in [6, 6.07) is 25.8. The van der Waals surface area contributed by atoms with Crippen molar-refractivity contribution in [2.24, 2.45) is 11.7 Å². The van der Waals surface area contributed by atoms with Crippen LogP contribution >= 0.6 is 0 Å². The van der Waals surface area contributed by atoms with Gasteiger partial charge in [-0.25, -0.2) is 0 Å². The molecule has 3 aromatic carbocycles. The minimum Gasteiger partial charge on any atom is -0.497 e. The predicted octanol–water partition coefficient (Wildman–Crippen LogP) is 2.97. The molecule has 6 N–H and O–H groups in total. The molecule has 5 atom stereocenters. The van der Waals surface area contributed by atoms with Gasteiger partial charge in [0.15, 0.2) is 0 Å². The van der Waals surface area contributed by atoms with Crippen molar-refractivity contribution in [3.05, 3.63) is 102 Å². The number of aryl methyl sites for hydroxylation is 1. The number of nitrogens with one attached hydrogen (secondary N) is 3. The van der Waals surface area contributed by atoms with Crippen LogP contribution in [0.2, 0.25) is 0 Å². The van der Waals surface area contributed by atoms with E-state index in [0.717, 1.165) is 22.4 Å². The molecule has 0 radical (unpaired) electrons. The number of nitrogens with zero attached hydrogens (tertiary/aromatic N) is 1. The summed E-state index contributed by atoms with van der Waals surface area (Å²) in [6.07, 6.45) is 1.47. The first kappa shape index (κ1) is 36.6. The molecular formula is C38H51N5O5. The van der Waals surface area contributed by atoms with Crippen molar-refractivity contribution >= 4 is 17.7 Å². The second-order valence-electron chi connectivity index (χ2n) is 12.7. The number of likely N-dealkylation sites (tertiary alicyclic amines) is 1. The van der Waals surface area contributed by atoms with Crippen molar-refractivity contribution in [3.63, 3.8) is 0 Å². The van der Waals surface area contributed by atoms with Gasteiger partial charge in [0.25, 0.3) is 0 Å². The quantitative estimate of drug-likeness (QED) is 0.141. The molecule has 1 aliphatic heterocycles. The molecule has 0 aromatic heterocycles. The second kappa shape index (κ2) is 17.8. The first-order valence-corrected chi connectivity index (χ1v) is 16.9. The Morgan fingerprint density at radius 3 is 2.31 bits per heavy atom. The summed E-state index contributed by atoms with van der Waals surface area (Å²) in [5, 5.41) is 20.9. The summed E-state index contributed by atoms with van der Waals surface area (Å²) in [5.41, 5.74) is 7.53. The molecule has 1 unspecified atom stereocenters. The Morgan fingerprint density at radius 1 is 1.00 bits per heavy atom. The van der Waals surface area contributed by atoms with Gasteiger partial charge in [-0.3, -0.25) is 14.4 Å². The van der Waals surface area contributed by atoms with E-state index in [0.29, 0.717) is 45.2 Å². The molecule has 0 spiro atoms. The van der Waals surface area contributed by atoms with Gasteiger partial charge in [0.2, 0.25) is 17.7 Å². The summed E-state index contributed by atoms with van der Waals surface area (Å²) >= 11 is 0. The van der Waals surface area contributed by atoms with E-state index in [1.165, 1.54) is 0 Å². The van der Waals surface area contributed by atoms with E-state index in [4.69, 9.17) is 10.5 Å². The zero-order valence-corrected chi connectivity index (χ0v) is 28.4. The highest BCUT2D eigenvalue weighted by Crippen LogP contribution is 2.34. The third-order valence-corrected chi connectivity index (χ3v) is 9.53. The topological polar surface area (TPSA) is 146 Å². The Morgan fingerprint density at radius 2 is 1.67 bits per heavy atom. The van der Waals surface area contributed by atoms with Crippen LogP contribution in [0.1, 0.15) is 49.8 Å². The smallest absolute Gasteiger partial charge is 0.249 e. The summed E-state index contributed by atoms with van der Waals surface area (Å²) in [4.78, 5) is 42.8. The maximum Gasteiger partial charge on any atom is 0.249 e. The van der Waals surface area contributed by atoms with Crippen molar-refractivity contribution in [2.75, 3.05) is 26.7 Å². The third-order valence-electron chi connectivity index (χ3n) is 9.53. The Bertz CT molecular complexity index is 1470. The lowest BCUT2D eigenvalue weighted by Crippen LogP contribution is -2.61. The Kier molecular flexibility index (Phi) is 13.5. The van der Waals surface area contributed by atoms with Crippen molar-refractivity contribution in [2.45, 2.75) is 76.2 Å². The first-order valence-electron chi connectivity index (χ1n) is 16.9. The monoisotopic (exact) mass is 657 g/mol. The molecule has 10 nitrogen and oxygen atoms in total. The van der Waals surface area contributed by atoms with Crippen molar-refractivity contribution in [1.82, 2.24) is 20.9 Å². The fourth-order valence-electron chi connectivity index (χ4n) is 6.50. The fourth-order valence-corrected chi connectivity index (χ4v) is 6.50. The average Bonchev–Trinajstić information content (AvgIpc) is 3.44. The number of hydrogen-bond donors (Lipinski definition) is 5. The van der Waals surface area contributed by atoms with E-state index in [1.807, 2.05) is 98.8 Å². The molecule has 1 aliphatic rings. The summed E-state index contributed by atoms with van der Waals surface area (Å²) < 4.78 is 5.33. The number of ether oxygens (including phenoxy) is 1. The molecule has 3 aromatic rings. The summed E-state index contributed by atoms with van der Waals surface area (Å²) in [5.74, 6) is -0.416. The largest absolute Gasteiger partial charge is 0.497 e. The molecule has 1 saturated heterocycles. The molecule has 0 bridgehead atoms. The number of carbonyl (C=O) groups is 3. The Balaban J connectivity index is 1.57. The maximum absolute atomic E-state index is 14.3. The van der Waals surface area contributed by atoms with Crippen LogP contribution in [0.3, 0.4) is 0 Å². The molecule has 1 fully saturated rings. The minimum atomic E-state index is -1.14. The van der Waals surface area contributed by atoms with E-state index >= 15 is 0 Å². The van der Waals surface area contributed by atoms with Crippen LogP contribution in [-0.2, 0) is 33.8 Å². The summed E-state index contributed by atoms with van der Waals surface area (Å²) in [7, 11) is 1.62. The van der Waals surface area contributed by atoms with Gasteiger partial charge in [-0.1, -0.05) is 93.1 Å². The van der Waals surface area contributed by atoms with Gasteiger partial charge >= 0.3 is 0 Å². The third kappa shape index (κ3) is 9.43. The zero-order valence-electron chi connectivity index (χ0n) is 28.4. The van der Waals surface area contributed by atoms with Crippen molar-refractivity contribution in [3.8, 4) is 5.75 Å². The number of amides is 3. The van der Waals surface area contributed by atoms with Gasteiger partial charge < -0.3 is 36.4 Å². The van der Waals surface area contributed by atoms with Crippen molar-refractivity contribution < 1.29 is 24.2 Å². The molecular weight excluding hydrogens is 606 g/mol. The predicted molar refractivity (Wildman–Crippen MR) is 187 cm³/mol. The molecule has 258 valence electrons. The van der Waals surface area contributed by atoms with Gasteiger partial charge in [-0.15, -0.1) is 0 Å². The first-order chi connectivity index (χ1) is 23.2. The van der Waals surface area contributed by atoms with Crippen LogP contribution in [0, 0.1) is 5.92 Å². The van der Waals surface area contributed by atoms with E-state index in [2.05, 4.69) is 16.0 Å². The number of rotatable bonds is 18. The van der Waals surface area contributed by atoms with Gasteiger partial charge in [0.05, 0.1) is 25.8 Å². The number of nitrogens with two attached hydrogens (primary N) is 1. The lowest BCUT2D eigenvalue weighted by molar-refractivity contribution is -0.144. The van der Waals surface area contributed by atoms with Crippen LogP contribution < -0.4 is 26.4 Å². The molecule has 10 heteroatoms. The highest BCUT2D eigenvalue weighted by atomic mass is 16.5. The molecule has 0 aliphatic carbocycles. The molecule has 4 rings (SSSR count). The fraction of sp³-hybridized carbons (Fsp3) is 0.447. The number of carbonyl (C=O) groups excluding carboxylic acids is 3. The number of hydrogen-bond acceptors (Lipinski definition) is 7. The van der Waals surface area contributed by atoms with Gasteiger partial charge in [-0.2, -0.15) is 0 Å². The lowest BCUT2D eigenvalue weighted by atomic mass is 9.81. The molecule has 0 saturated carbocycles. The van der Waals surface area contributed by atoms with Crippen LogP contribution in [0.15, 0.2) is 84.9 Å². The summed E-state index contributed by atoms with van der Waals surface area (Å²) in [6.45, 7) is 4.75. The number of aliphatic hydroxyl groups excluding tert-OH is 1. The minimum absolute atomic E-state index is 0.161. The molecule has 1 heterocycles. The SMILES string of the molecule is CC[C@H](C)C1(NC(=O)CN)CCN([C@@H](CCc2ccccc2)C(=O)N[C@@H](Cc2ccccc2)[C@@H](O)CNCc2cccc(OC)c2)C1=O. The van der Waals surface area contributed by atoms with Gasteiger partial charge in [0, 0.05) is 19.6 Å². The Hall–Kier alpha value is -4.25. The van der Waals surface area contributed by atoms with E-state index in [-0.39, 0.29) is 30.8 Å². The van der Waals surface area contributed by atoms with Crippen LogP contribution in [0.4, 0.5) is 0 Å². The zero-order chi connectivity index (χ0) is 34.5. The number of benzene rings is 3. The van der Waals surface area contributed by atoms with Crippen LogP contribution in [-0.4, -0.2) is 78.2 Å². The average molecular weight is 658 g/mol. The maximum atomic E-state index is 14.3. The Labute approximate surface area is 284 Å². The molecule has 3 amide bonds. The number of aliphatic hydroxyl groups is 1. The van der Waals surface area contributed by atoms with Crippen LogP contribution in [0.25, 0.3) is 0 Å². The highest BCUT2D eigenvalue weighted by molar-refractivity contribution is 5.97. The highest BCUT2D eigenvalue weighted by Gasteiger charge is 2.53. The number of methoxy groups -OCH3 is 1. The molecule has 48 heavy (non-hydrogen) atoms. The van der Waals surface area contributed by atoms with Crippen LogP contribution in [0.5, 0.6) is 5.75 Å². The van der Waals surface area contributed by atoms with E-state index in [9.17, 15) is 19.5 Å². The second-order valence-corrected chi connectivity index (χ2v) is 12.7. The van der Waals surface area contributed by atoms with Crippen molar-refractivity contribution in [1.29, 1.82) is 0 Å².